The van der Waals surface area contributed by atoms with E-state index in [1.807, 2.05) is 19.9 Å². The molecule has 14 heteroatoms. The first-order valence-electron chi connectivity index (χ1n) is 13.0. The van der Waals surface area contributed by atoms with Crippen LogP contribution in [0.2, 0.25) is 5.02 Å². The second-order valence-corrected chi connectivity index (χ2v) is 12.9. The summed E-state index contributed by atoms with van der Waals surface area (Å²) in [6, 6.07) is 0.419. The number of carbonyl (C=O) groups is 4. The summed E-state index contributed by atoms with van der Waals surface area (Å²) in [6.07, 6.45) is -5.43. The van der Waals surface area contributed by atoms with Gasteiger partial charge < -0.3 is 20.9 Å². The van der Waals surface area contributed by atoms with Gasteiger partial charge in [0.15, 0.2) is 0 Å². The zero-order valence-corrected chi connectivity index (χ0v) is 23.7. The third kappa shape index (κ3) is 5.58. The first kappa shape index (κ1) is 30.6. The Labute approximate surface area is 238 Å². The number of hydrogen-bond acceptors (Lipinski definition) is 5. The molecule has 0 aromatic heterocycles. The van der Waals surface area contributed by atoms with Gasteiger partial charge in [0, 0.05) is 11.6 Å². The fourth-order valence-corrected chi connectivity index (χ4v) is 6.28. The summed E-state index contributed by atoms with van der Waals surface area (Å²) in [7, 11) is 0. The quantitative estimate of drug-likeness (QED) is 0.431. The lowest BCUT2D eigenvalue weighted by atomic mass is 9.85. The lowest BCUT2D eigenvalue weighted by Gasteiger charge is -2.37. The van der Waals surface area contributed by atoms with E-state index in [2.05, 4.69) is 10.6 Å². The lowest BCUT2D eigenvalue weighted by molar-refractivity contribution is -0.176. The van der Waals surface area contributed by atoms with E-state index >= 15 is 0 Å². The second kappa shape index (κ2) is 10.2. The molecule has 6 atom stereocenters. The SMILES string of the molecule is CC(C)(C)[C@H](NC(=O)C(F)(F)F)C(=O)N1C[C@H]2[C@@H]([C@H]1C(=O)N[C@H](C#N)CC1C(=O)Nc3c(F)cc(Cl)cc31)C2(C)C. The van der Waals surface area contributed by atoms with E-state index in [9.17, 15) is 42.0 Å². The number of piperidine rings is 1. The van der Waals surface area contributed by atoms with E-state index in [-0.39, 0.29) is 46.5 Å². The predicted octanol–water partition coefficient (Wildman–Crippen LogP) is 3.49. The van der Waals surface area contributed by atoms with Gasteiger partial charge in [-0.25, -0.2) is 4.39 Å². The van der Waals surface area contributed by atoms with Crippen molar-refractivity contribution in [2.24, 2.45) is 22.7 Å². The molecule has 0 radical (unpaired) electrons. The molecular formula is C27H30ClF4N5O4. The Hall–Kier alpha value is -3.40. The molecule has 3 N–H and O–H groups in total. The smallest absolute Gasteiger partial charge is 0.339 e. The Kier molecular flexibility index (Phi) is 7.56. The molecule has 3 aliphatic rings. The van der Waals surface area contributed by atoms with Gasteiger partial charge in [-0.2, -0.15) is 18.4 Å². The summed E-state index contributed by atoms with van der Waals surface area (Å²) in [6.45, 7) is 8.36. The van der Waals surface area contributed by atoms with Crippen LogP contribution < -0.4 is 16.0 Å². The maximum atomic E-state index is 14.3. The number of nitrogens with zero attached hydrogens (tertiary/aromatic N) is 2. The molecule has 1 unspecified atom stereocenters. The minimum atomic E-state index is -5.21. The Morgan fingerprint density at radius 3 is 2.41 bits per heavy atom. The molecule has 0 spiro atoms. The normalized spacial score (nSPS) is 25.8. The largest absolute Gasteiger partial charge is 0.471 e. The van der Waals surface area contributed by atoms with Gasteiger partial charge >= 0.3 is 12.1 Å². The molecule has 222 valence electrons. The van der Waals surface area contributed by atoms with Crippen molar-refractivity contribution in [3.63, 3.8) is 0 Å². The Bertz CT molecular complexity index is 1350. The van der Waals surface area contributed by atoms with Crippen molar-refractivity contribution in [1.82, 2.24) is 15.5 Å². The highest BCUT2D eigenvalue weighted by Gasteiger charge is 2.70. The maximum absolute atomic E-state index is 14.3. The number of fused-ring (bicyclic) bond motifs is 2. The Morgan fingerprint density at radius 2 is 1.85 bits per heavy atom. The fourth-order valence-electron chi connectivity index (χ4n) is 6.06. The highest BCUT2D eigenvalue weighted by molar-refractivity contribution is 6.31. The van der Waals surface area contributed by atoms with E-state index < -0.39 is 65.1 Å². The van der Waals surface area contributed by atoms with Crippen molar-refractivity contribution in [3.05, 3.63) is 28.5 Å². The van der Waals surface area contributed by atoms with Crippen molar-refractivity contribution >= 4 is 40.9 Å². The summed E-state index contributed by atoms with van der Waals surface area (Å²) in [5.41, 5.74) is -1.30. The molecule has 2 aliphatic heterocycles. The van der Waals surface area contributed by atoms with Crippen LogP contribution in [0.25, 0.3) is 0 Å². The molecule has 1 saturated heterocycles. The first-order chi connectivity index (χ1) is 18.8. The number of benzene rings is 1. The molecule has 1 aromatic rings. The van der Waals surface area contributed by atoms with Crippen molar-refractivity contribution in [2.45, 2.75) is 71.3 Å². The zero-order chi connectivity index (χ0) is 30.8. The molecule has 1 aliphatic carbocycles. The van der Waals surface area contributed by atoms with Crippen LogP contribution in [0.1, 0.15) is 52.5 Å². The van der Waals surface area contributed by atoms with Crippen LogP contribution in [-0.4, -0.2) is 59.4 Å². The van der Waals surface area contributed by atoms with E-state index in [1.54, 1.807) is 5.32 Å². The number of halogens is 5. The number of alkyl halides is 3. The van der Waals surface area contributed by atoms with Gasteiger partial charge in [0.2, 0.25) is 17.7 Å². The van der Waals surface area contributed by atoms with Gasteiger partial charge in [0.1, 0.15) is 23.9 Å². The van der Waals surface area contributed by atoms with Crippen LogP contribution >= 0.6 is 11.6 Å². The topological polar surface area (TPSA) is 131 Å². The first-order valence-corrected chi connectivity index (χ1v) is 13.3. The van der Waals surface area contributed by atoms with Crippen molar-refractivity contribution in [2.75, 3.05) is 11.9 Å². The summed E-state index contributed by atoms with van der Waals surface area (Å²) in [4.78, 5) is 52.7. The second-order valence-electron chi connectivity index (χ2n) is 12.5. The molecular weight excluding hydrogens is 570 g/mol. The Balaban J connectivity index is 1.56. The van der Waals surface area contributed by atoms with E-state index in [0.29, 0.717) is 0 Å². The van der Waals surface area contributed by atoms with Crippen LogP contribution in [0, 0.1) is 39.8 Å². The monoisotopic (exact) mass is 599 g/mol. The van der Waals surface area contributed by atoms with Crippen molar-refractivity contribution < 1.29 is 36.7 Å². The van der Waals surface area contributed by atoms with Crippen molar-refractivity contribution in [3.8, 4) is 6.07 Å². The molecule has 4 rings (SSSR count). The van der Waals surface area contributed by atoms with E-state index in [0.717, 1.165) is 6.07 Å². The summed E-state index contributed by atoms with van der Waals surface area (Å²) < 4.78 is 53.4. The zero-order valence-electron chi connectivity index (χ0n) is 23.0. The Morgan fingerprint density at radius 1 is 1.22 bits per heavy atom. The van der Waals surface area contributed by atoms with Crippen LogP contribution in [-0.2, 0) is 19.2 Å². The van der Waals surface area contributed by atoms with Gasteiger partial charge in [-0.3, -0.25) is 19.2 Å². The molecule has 0 bridgehead atoms. The number of nitrogens with one attached hydrogen (secondary N) is 3. The highest BCUT2D eigenvalue weighted by Crippen LogP contribution is 2.65. The number of anilines is 1. The number of hydrogen-bond donors (Lipinski definition) is 3. The van der Waals surface area contributed by atoms with Gasteiger partial charge in [-0.05, 0) is 46.8 Å². The van der Waals surface area contributed by atoms with Gasteiger partial charge in [0.25, 0.3) is 0 Å². The van der Waals surface area contributed by atoms with E-state index in [4.69, 9.17) is 11.6 Å². The third-order valence-electron chi connectivity index (χ3n) is 8.38. The average molecular weight is 600 g/mol. The third-order valence-corrected chi connectivity index (χ3v) is 8.59. The summed E-state index contributed by atoms with van der Waals surface area (Å²) in [5, 5.41) is 16.6. The standard InChI is InChI=1S/C27H30ClF4N5O4/c1-25(2,3)20(36-24(41)27(30,31)32)23(40)37-10-15-17(26(15,4)5)19(37)22(39)34-12(9-33)8-14-13-6-11(28)7-16(29)18(13)35-21(14)38/h6-7,12,14-15,17,19-20H,8,10H2,1-5H3,(H,34,39)(H,35,38)(H,36,41)/t12-,14?,15-,17-,19-,20+/m0/s1. The number of rotatable bonds is 6. The minimum absolute atomic E-state index is 0.0495. The molecule has 2 fully saturated rings. The maximum Gasteiger partial charge on any atom is 0.471 e. The van der Waals surface area contributed by atoms with Crippen LogP contribution in [0.5, 0.6) is 0 Å². The average Bonchev–Trinajstić information content (AvgIpc) is 3.15. The van der Waals surface area contributed by atoms with Gasteiger partial charge in [-0.1, -0.05) is 46.2 Å². The number of likely N-dealkylation sites (tertiary alicyclic amines) is 1. The number of carbonyl (C=O) groups excluding carboxylic acids is 4. The molecule has 1 aromatic carbocycles. The lowest BCUT2D eigenvalue weighted by Crippen LogP contribution is -2.61. The molecule has 9 nitrogen and oxygen atoms in total. The minimum Gasteiger partial charge on any atom is -0.339 e. The van der Waals surface area contributed by atoms with Crippen molar-refractivity contribution in [1.29, 1.82) is 5.26 Å². The molecule has 2 heterocycles. The molecule has 41 heavy (non-hydrogen) atoms. The fraction of sp³-hybridized carbons (Fsp3) is 0.593. The molecule has 4 amide bonds. The highest BCUT2D eigenvalue weighted by atomic mass is 35.5. The van der Waals surface area contributed by atoms with Gasteiger partial charge in [-0.15, -0.1) is 0 Å². The molecule has 1 saturated carbocycles. The van der Waals surface area contributed by atoms with Crippen LogP contribution in [0.4, 0.5) is 23.2 Å². The summed E-state index contributed by atoms with van der Waals surface area (Å²) >= 11 is 5.95. The van der Waals surface area contributed by atoms with E-state index in [1.165, 1.54) is 31.7 Å². The summed E-state index contributed by atoms with van der Waals surface area (Å²) in [5.74, 6) is -6.61. The van der Waals surface area contributed by atoms with Crippen LogP contribution in [0.3, 0.4) is 0 Å². The predicted molar refractivity (Wildman–Crippen MR) is 139 cm³/mol. The van der Waals surface area contributed by atoms with Crippen LogP contribution in [0.15, 0.2) is 12.1 Å². The van der Waals surface area contributed by atoms with Gasteiger partial charge in [0.05, 0.1) is 17.7 Å². The number of amides is 4. The number of nitriles is 1.